The van der Waals surface area contributed by atoms with Crippen LogP contribution in [0.4, 0.5) is 5.82 Å². The Morgan fingerprint density at radius 3 is 2.76 bits per heavy atom. The SMILES string of the molecule is COP(=O)(O)CO[C@H]1O[C@@H](n2cnc3c(N)ncnc32)[C@H](O)[C@@H]1O.N. The summed E-state index contributed by atoms with van der Waals surface area (Å²) in [5.41, 5.74) is 6.30. The van der Waals surface area contributed by atoms with Crippen LogP contribution in [0.5, 0.6) is 0 Å². The van der Waals surface area contributed by atoms with Crippen molar-refractivity contribution in [3.63, 3.8) is 0 Å². The normalized spacial score (nSPS) is 28.6. The summed E-state index contributed by atoms with van der Waals surface area (Å²) >= 11 is 0. The van der Waals surface area contributed by atoms with E-state index in [1.807, 2.05) is 0 Å². The van der Waals surface area contributed by atoms with Gasteiger partial charge in [0, 0.05) is 7.11 Å². The van der Waals surface area contributed by atoms with Gasteiger partial charge < -0.3 is 41.0 Å². The minimum Gasteiger partial charge on any atom is -0.385 e. The maximum Gasteiger partial charge on any atom is 0.353 e. The van der Waals surface area contributed by atoms with Crippen molar-refractivity contribution in [1.29, 1.82) is 0 Å². The number of aliphatic hydroxyl groups excluding tert-OH is 2. The van der Waals surface area contributed by atoms with Crippen LogP contribution in [-0.2, 0) is 18.6 Å². The van der Waals surface area contributed by atoms with Gasteiger partial charge in [-0.2, -0.15) is 0 Å². The fourth-order valence-corrected chi connectivity index (χ4v) is 2.71. The highest BCUT2D eigenvalue weighted by Crippen LogP contribution is 2.42. The molecule has 1 aliphatic rings. The standard InChI is InChI=1S/C11H16N5O7P.H3N/c1-21-24(19,20)4-22-11-7(18)6(17)10(23-11)16-3-15-5-8(12)13-2-14-9(5)16;/h2-3,6-7,10-11,17-18H,4H2,1H3,(H,19,20)(H2,12,13,14);1H3/t6-,7+,10-,11+;/m1./s1. The molecule has 0 spiro atoms. The maximum absolute atomic E-state index is 11.4. The first-order valence-electron chi connectivity index (χ1n) is 6.78. The van der Waals surface area contributed by atoms with Crippen molar-refractivity contribution in [3.05, 3.63) is 12.7 Å². The number of ether oxygens (including phenoxy) is 2. The Morgan fingerprint density at radius 2 is 2.08 bits per heavy atom. The molecule has 0 aliphatic carbocycles. The number of rotatable bonds is 5. The van der Waals surface area contributed by atoms with E-state index in [0.29, 0.717) is 11.2 Å². The molecule has 0 radical (unpaired) electrons. The first-order valence-corrected chi connectivity index (χ1v) is 8.54. The zero-order chi connectivity index (χ0) is 17.5. The molecule has 1 unspecified atom stereocenters. The Kier molecular flexibility index (Phi) is 5.71. The van der Waals surface area contributed by atoms with Crippen LogP contribution in [-0.4, -0.2) is 66.6 Å². The summed E-state index contributed by atoms with van der Waals surface area (Å²) in [6.45, 7) is 0. The van der Waals surface area contributed by atoms with Crippen LogP contribution in [0.3, 0.4) is 0 Å². The van der Waals surface area contributed by atoms with Gasteiger partial charge in [0.15, 0.2) is 30.3 Å². The number of fused-ring (bicyclic) bond motifs is 1. The van der Waals surface area contributed by atoms with Gasteiger partial charge in [0.05, 0.1) is 6.33 Å². The molecule has 25 heavy (non-hydrogen) atoms. The number of aliphatic hydroxyl groups is 2. The van der Waals surface area contributed by atoms with Crippen LogP contribution in [0.1, 0.15) is 6.23 Å². The quantitative estimate of drug-likeness (QED) is 0.395. The molecule has 5 atom stereocenters. The topological polar surface area (TPSA) is 210 Å². The van der Waals surface area contributed by atoms with E-state index in [1.165, 1.54) is 17.2 Å². The van der Waals surface area contributed by atoms with Crippen LogP contribution in [0.2, 0.25) is 0 Å². The van der Waals surface area contributed by atoms with Gasteiger partial charge in [0.2, 0.25) is 0 Å². The van der Waals surface area contributed by atoms with Gasteiger partial charge in [-0.05, 0) is 0 Å². The van der Waals surface area contributed by atoms with Crippen LogP contribution < -0.4 is 11.9 Å². The Hall–Kier alpha value is -1.70. The number of hydrogen-bond acceptors (Lipinski definition) is 11. The molecular formula is C11H19N6O7P. The molecule has 140 valence electrons. The summed E-state index contributed by atoms with van der Waals surface area (Å²) in [6.07, 6.45) is -3.41. The number of nitrogens with zero attached hydrogens (tertiary/aromatic N) is 4. The molecule has 0 aromatic carbocycles. The molecule has 2 aromatic rings. The van der Waals surface area contributed by atoms with Crippen LogP contribution in [0, 0.1) is 0 Å². The van der Waals surface area contributed by atoms with Crippen molar-refractivity contribution in [1.82, 2.24) is 25.7 Å². The van der Waals surface area contributed by atoms with Crippen molar-refractivity contribution < 1.29 is 33.7 Å². The first kappa shape index (κ1) is 19.6. The lowest BCUT2D eigenvalue weighted by molar-refractivity contribution is -0.167. The van der Waals surface area contributed by atoms with Gasteiger partial charge in [0.25, 0.3) is 0 Å². The molecule has 0 bridgehead atoms. The minimum atomic E-state index is -3.95. The lowest BCUT2D eigenvalue weighted by Gasteiger charge is -2.17. The van der Waals surface area contributed by atoms with Crippen LogP contribution >= 0.6 is 7.60 Å². The molecule has 13 nitrogen and oxygen atoms in total. The van der Waals surface area contributed by atoms with Gasteiger partial charge in [-0.1, -0.05) is 0 Å². The maximum atomic E-state index is 11.4. The number of nitrogen functional groups attached to an aromatic ring is 1. The zero-order valence-corrected chi connectivity index (χ0v) is 14.1. The number of imidazole rings is 1. The summed E-state index contributed by atoms with van der Waals surface area (Å²) in [5.74, 6) is 0.154. The molecule has 8 N–H and O–H groups in total. The van der Waals surface area contributed by atoms with E-state index < -0.39 is 38.7 Å². The highest BCUT2D eigenvalue weighted by atomic mass is 31.2. The second-order valence-electron chi connectivity index (χ2n) is 5.07. The summed E-state index contributed by atoms with van der Waals surface area (Å²) in [7, 11) is -2.90. The highest BCUT2D eigenvalue weighted by molar-refractivity contribution is 7.52. The molecule has 14 heteroatoms. The third kappa shape index (κ3) is 3.63. The van der Waals surface area contributed by atoms with E-state index in [0.717, 1.165) is 7.11 Å². The van der Waals surface area contributed by atoms with Crippen LogP contribution in [0.15, 0.2) is 12.7 Å². The average molecular weight is 378 g/mol. The van der Waals surface area contributed by atoms with Crippen LogP contribution in [0.25, 0.3) is 11.2 Å². The zero-order valence-electron chi connectivity index (χ0n) is 13.2. The van der Waals surface area contributed by atoms with E-state index in [2.05, 4.69) is 19.5 Å². The molecule has 0 amide bonds. The summed E-state index contributed by atoms with van der Waals surface area (Å²) < 4.78 is 27.6. The molecule has 0 saturated carbocycles. The first-order chi connectivity index (χ1) is 11.3. The third-order valence-electron chi connectivity index (χ3n) is 3.54. The Bertz CT molecular complexity index is 787. The second kappa shape index (κ2) is 7.27. The highest BCUT2D eigenvalue weighted by Gasteiger charge is 2.45. The number of hydrogen-bond donors (Lipinski definition) is 5. The smallest absolute Gasteiger partial charge is 0.353 e. The monoisotopic (exact) mass is 378 g/mol. The molecule has 1 aliphatic heterocycles. The Labute approximate surface area is 141 Å². The summed E-state index contributed by atoms with van der Waals surface area (Å²) in [6, 6.07) is 0. The van der Waals surface area contributed by atoms with Gasteiger partial charge in [-0.3, -0.25) is 9.13 Å². The van der Waals surface area contributed by atoms with E-state index in [4.69, 9.17) is 15.2 Å². The molecule has 1 fully saturated rings. The number of anilines is 1. The Balaban J connectivity index is 0.00000225. The van der Waals surface area contributed by atoms with Gasteiger partial charge in [-0.25, -0.2) is 15.0 Å². The fourth-order valence-electron chi connectivity index (χ4n) is 2.27. The van der Waals surface area contributed by atoms with E-state index >= 15 is 0 Å². The lowest BCUT2D eigenvalue weighted by Crippen LogP contribution is -2.33. The molecule has 3 rings (SSSR count). The van der Waals surface area contributed by atoms with Crippen molar-refractivity contribution >= 4 is 24.6 Å². The van der Waals surface area contributed by atoms with Crippen molar-refractivity contribution in [2.45, 2.75) is 24.7 Å². The van der Waals surface area contributed by atoms with E-state index in [-0.39, 0.29) is 12.0 Å². The average Bonchev–Trinajstić information content (AvgIpc) is 3.10. The minimum absolute atomic E-state index is 0. The predicted octanol–water partition coefficient (Wildman–Crippen LogP) is -1.05. The molecular weight excluding hydrogens is 359 g/mol. The van der Waals surface area contributed by atoms with Crippen molar-refractivity contribution in [3.8, 4) is 0 Å². The second-order valence-corrected chi connectivity index (χ2v) is 6.97. The van der Waals surface area contributed by atoms with Crippen molar-refractivity contribution in [2.75, 3.05) is 19.2 Å². The van der Waals surface area contributed by atoms with Gasteiger partial charge in [-0.15, -0.1) is 0 Å². The number of nitrogens with two attached hydrogens (primary N) is 1. The van der Waals surface area contributed by atoms with Gasteiger partial charge >= 0.3 is 7.60 Å². The predicted molar refractivity (Wildman–Crippen MR) is 83.5 cm³/mol. The van der Waals surface area contributed by atoms with E-state index in [9.17, 15) is 19.7 Å². The largest absolute Gasteiger partial charge is 0.385 e. The van der Waals surface area contributed by atoms with Gasteiger partial charge in [0.1, 0.15) is 24.1 Å². The van der Waals surface area contributed by atoms with E-state index in [1.54, 1.807) is 0 Å². The molecule has 1 saturated heterocycles. The lowest BCUT2D eigenvalue weighted by atomic mass is 10.2. The fraction of sp³-hybridized carbons (Fsp3) is 0.545. The number of aromatic nitrogens is 4. The van der Waals surface area contributed by atoms with Crippen molar-refractivity contribution in [2.24, 2.45) is 0 Å². The Morgan fingerprint density at radius 1 is 1.36 bits per heavy atom. The molecule has 3 heterocycles. The third-order valence-corrected chi connectivity index (χ3v) is 4.59. The summed E-state index contributed by atoms with van der Waals surface area (Å²) in [5, 5.41) is 20.2. The molecule has 2 aromatic heterocycles. The summed E-state index contributed by atoms with van der Waals surface area (Å²) in [4.78, 5) is 21.2.